The maximum Gasteiger partial charge on any atom is 0.329 e. The predicted molar refractivity (Wildman–Crippen MR) is 122 cm³/mol. The summed E-state index contributed by atoms with van der Waals surface area (Å²) in [6.07, 6.45) is 7.27. The number of esters is 1. The zero-order chi connectivity index (χ0) is 25.2. The van der Waals surface area contributed by atoms with E-state index in [1.165, 1.54) is 7.11 Å². The Labute approximate surface area is 182 Å². The number of carbonyl (C=O) groups excluding carboxylic acids is 1. The summed E-state index contributed by atoms with van der Waals surface area (Å²) in [5.74, 6) is -3.34. The normalized spacial score (nSPS) is 7.26. The van der Waals surface area contributed by atoms with Crippen LogP contribution in [0.25, 0.3) is 12.2 Å². The first kappa shape index (κ1) is 34.1. The van der Waals surface area contributed by atoms with E-state index in [1.807, 2.05) is 36.4 Å². The van der Waals surface area contributed by atoms with Gasteiger partial charge in [0.25, 0.3) is 0 Å². The summed E-state index contributed by atoms with van der Waals surface area (Å²) >= 11 is 0. The van der Waals surface area contributed by atoms with E-state index >= 15 is 0 Å². The molecule has 0 aliphatic carbocycles. The van der Waals surface area contributed by atoms with Crippen molar-refractivity contribution in [3.8, 4) is 0 Å². The highest BCUT2D eigenvalue weighted by Gasteiger charge is 1.89. The Bertz CT molecular complexity index is 691. The molecule has 0 aliphatic heterocycles. The molecule has 31 heavy (non-hydrogen) atoms. The molecule has 0 atom stereocenters. The number of carboxylic acids is 3. The third-order valence-electron chi connectivity index (χ3n) is 2.33. The van der Waals surface area contributed by atoms with Gasteiger partial charge < -0.3 is 20.1 Å². The second-order valence-electron chi connectivity index (χ2n) is 4.39. The van der Waals surface area contributed by atoms with Gasteiger partial charge in [-0.05, 0) is 11.1 Å². The fourth-order valence-electron chi connectivity index (χ4n) is 0.966. The molecule has 0 aliphatic rings. The zero-order valence-corrected chi connectivity index (χ0v) is 17.4. The molecule has 0 fully saturated rings. The highest BCUT2D eigenvalue weighted by atomic mass is 16.5. The SMILES string of the molecule is C=CC(=O)O.C=CC(=O)O.C=CC(=O)O.C=CC(=O)OC.C=Cc1ccccc1C=C. The first-order valence-electron chi connectivity index (χ1n) is 8.11. The molecular formula is C23H28O8. The molecule has 8 nitrogen and oxygen atoms in total. The quantitative estimate of drug-likeness (QED) is 0.451. The Balaban J connectivity index is -0.000000154. The average Bonchev–Trinajstić information content (AvgIpc) is 2.79. The minimum atomic E-state index is -0.981. The third-order valence-corrected chi connectivity index (χ3v) is 2.33. The highest BCUT2D eigenvalue weighted by molar-refractivity contribution is 5.81. The smallest absolute Gasteiger partial charge is 0.329 e. The molecule has 0 aromatic heterocycles. The van der Waals surface area contributed by atoms with Crippen molar-refractivity contribution in [1.29, 1.82) is 0 Å². The topological polar surface area (TPSA) is 138 Å². The summed E-state index contributed by atoms with van der Waals surface area (Å²) in [6, 6.07) is 8.02. The molecule has 1 rings (SSSR count). The number of carbonyl (C=O) groups is 4. The van der Waals surface area contributed by atoms with Crippen molar-refractivity contribution in [3.05, 3.63) is 99.2 Å². The fourth-order valence-corrected chi connectivity index (χ4v) is 0.966. The predicted octanol–water partition coefficient (Wildman–Crippen LogP) is 4.09. The van der Waals surface area contributed by atoms with E-state index < -0.39 is 23.9 Å². The second-order valence-corrected chi connectivity index (χ2v) is 4.39. The van der Waals surface area contributed by atoms with E-state index in [1.54, 1.807) is 0 Å². The molecule has 1 aromatic carbocycles. The summed E-state index contributed by atoms with van der Waals surface area (Å²) < 4.78 is 4.14. The molecule has 0 saturated carbocycles. The Kier molecular flexibility index (Phi) is 28.1. The summed E-state index contributed by atoms with van der Waals surface area (Å²) in [5.41, 5.74) is 2.27. The van der Waals surface area contributed by atoms with Crippen LogP contribution in [0.5, 0.6) is 0 Å². The summed E-state index contributed by atoms with van der Waals surface area (Å²) in [5, 5.41) is 22.8. The van der Waals surface area contributed by atoms with Gasteiger partial charge in [-0.15, -0.1) is 0 Å². The van der Waals surface area contributed by atoms with Crippen molar-refractivity contribution < 1.29 is 39.2 Å². The Morgan fingerprint density at radius 1 is 0.677 bits per heavy atom. The lowest BCUT2D eigenvalue weighted by molar-refractivity contribution is -0.135. The lowest BCUT2D eigenvalue weighted by Crippen LogP contribution is -1.91. The van der Waals surface area contributed by atoms with Crippen LogP contribution in [0.15, 0.2) is 88.0 Å². The number of rotatable bonds is 6. The van der Waals surface area contributed by atoms with Gasteiger partial charge in [0.15, 0.2) is 0 Å². The number of carboxylic acid groups (broad SMARTS) is 3. The molecule has 168 valence electrons. The number of aliphatic carboxylic acids is 3. The number of ether oxygens (including phenoxy) is 1. The van der Waals surface area contributed by atoms with E-state index in [9.17, 15) is 19.2 Å². The van der Waals surface area contributed by atoms with Gasteiger partial charge >= 0.3 is 23.9 Å². The van der Waals surface area contributed by atoms with Crippen LogP contribution in [0.4, 0.5) is 0 Å². The second kappa shape index (κ2) is 25.5. The standard InChI is InChI=1S/C10H10.C4H6O2.3C3H4O2/c1-3-9-7-5-6-8-10(9)4-2;1-3-4(5)6-2;3*1-2-3(4)5/h3-8H,1-2H2;3H,1H2,2H3;3*2H,1H2,(H,4,5). The van der Waals surface area contributed by atoms with Crippen molar-refractivity contribution in [2.75, 3.05) is 7.11 Å². The van der Waals surface area contributed by atoms with Crippen LogP contribution in [-0.2, 0) is 23.9 Å². The Hall–Kier alpha value is -4.46. The maximum atomic E-state index is 9.84. The molecule has 0 unspecified atom stereocenters. The van der Waals surface area contributed by atoms with E-state index in [2.05, 4.69) is 44.2 Å². The lowest BCUT2D eigenvalue weighted by atomic mass is 10.1. The van der Waals surface area contributed by atoms with Crippen molar-refractivity contribution in [3.63, 3.8) is 0 Å². The molecule has 0 radical (unpaired) electrons. The van der Waals surface area contributed by atoms with E-state index in [0.717, 1.165) is 35.4 Å². The lowest BCUT2D eigenvalue weighted by Gasteiger charge is -1.96. The minimum Gasteiger partial charge on any atom is -0.478 e. The fraction of sp³-hybridized carbons (Fsp3) is 0.0435. The maximum absolute atomic E-state index is 9.84. The zero-order valence-electron chi connectivity index (χ0n) is 17.4. The van der Waals surface area contributed by atoms with Crippen LogP contribution in [-0.4, -0.2) is 46.3 Å². The van der Waals surface area contributed by atoms with Crippen LogP contribution in [0.3, 0.4) is 0 Å². The molecule has 0 amide bonds. The van der Waals surface area contributed by atoms with E-state index in [0.29, 0.717) is 0 Å². The molecule has 0 spiro atoms. The van der Waals surface area contributed by atoms with Crippen molar-refractivity contribution >= 4 is 36.0 Å². The largest absolute Gasteiger partial charge is 0.478 e. The monoisotopic (exact) mass is 432 g/mol. The van der Waals surface area contributed by atoms with Gasteiger partial charge in [-0.1, -0.05) is 75.9 Å². The van der Waals surface area contributed by atoms with Crippen molar-refractivity contribution in [2.24, 2.45) is 0 Å². The van der Waals surface area contributed by atoms with Crippen LogP contribution in [0.2, 0.25) is 0 Å². The number of benzene rings is 1. The van der Waals surface area contributed by atoms with E-state index in [4.69, 9.17) is 15.3 Å². The van der Waals surface area contributed by atoms with Gasteiger partial charge in [0.2, 0.25) is 0 Å². The van der Waals surface area contributed by atoms with Gasteiger partial charge in [-0.25, -0.2) is 19.2 Å². The van der Waals surface area contributed by atoms with Crippen LogP contribution >= 0.6 is 0 Å². The van der Waals surface area contributed by atoms with Gasteiger partial charge in [0.05, 0.1) is 7.11 Å². The molecule has 3 N–H and O–H groups in total. The molecule has 0 heterocycles. The molecular weight excluding hydrogens is 404 g/mol. The van der Waals surface area contributed by atoms with Crippen LogP contribution in [0, 0.1) is 0 Å². The number of hydrogen-bond donors (Lipinski definition) is 3. The Morgan fingerprint density at radius 3 is 1.03 bits per heavy atom. The van der Waals surface area contributed by atoms with Crippen molar-refractivity contribution in [1.82, 2.24) is 0 Å². The molecule has 8 heteroatoms. The molecule has 0 bridgehead atoms. The van der Waals surface area contributed by atoms with Gasteiger partial charge in [0, 0.05) is 24.3 Å². The van der Waals surface area contributed by atoms with Gasteiger partial charge in [0.1, 0.15) is 0 Å². The van der Waals surface area contributed by atoms with Crippen LogP contribution < -0.4 is 0 Å². The average molecular weight is 432 g/mol. The minimum absolute atomic E-state index is 0.394. The highest BCUT2D eigenvalue weighted by Crippen LogP contribution is 2.10. The Morgan fingerprint density at radius 2 is 0.935 bits per heavy atom. The summed E-state index contributed by atoms with van der Waals surface area (Å²) in [7, 11) is 1.31. The van der Waals surface area contributed by atoms with Crippen molar-refractivity contribution in [2.45, 2.75) is 0 Å². The van der Waals surface area contributed by atoms with Gasteiger partial charge in [-0.2, -0.15) is 0 Å². The molecule has 1 aromatic rings. The first-order valence-corrected chi connectivity index (χ1v) is 8.11. The number of methoxy groups -OCH3 is 1. The summed E-state index contributed by atoms with van der Waals surface area (Å²) in [4.78, 5) is 37.6. The van der Waals surface area contributed by atoms with E-state index in [-0.39, 0.29) is 0 Å². The summed E-state index contributed by atoms with van der Waals surface area (Å²) in [6.45, 7) is 19.4. The van der Waals surface area contributed by atoms with Gasteiger partial charge in [-0.3, -0.25) is 0 Å². The van der Waals surface area contributed by atoms with Crippen LogP contribution in [0.1, 0.15) is 11.1 Å². The number of hydrogen-bond acceptors (Lipinski definition) is 5. The molecule has 0 saturated heterocycles. The first-order chi connectivity index (χ1) is 14.5. The third kappa shape index (κ3) is 33.5.